The molecule has 0 saturated carbocycles. The molecular formula is C11H26N2O. The van der Waals surface area contributed by atoms with E-state index in [4.69, 9.17) is 4.74 Å². The number of rotatable bonds is 10. The Labute approximate surface area is 88.6 Å². The van der Waals surface area contributed by atoms with Crippen molar-refractivity contribution in [1.29, 1.82) is 0 Å². The Hall–Kier alpha value is -0.120. The van der Waals surface area contributed by atoms with Crippen LogP contribution >= 0.6 is 0 Å². The van der Waals surface area contributed by atoms with Gasteiger partial charge in [0.1, 0.15) is 0 Å². The molecule has 0 aromatic rings. The van der Waals surface area contributed by atoms with E-state index in [1.54, 1.807) is 7.11 Å². The molecule has 0 rings (SSSR count). The Morgan fingerprint density at radius 3 is 2.29 bits per heavy atom. The lowest BCUT2D eigenvalue weighted by Gasteiger charge is -2.09. The first-order valence-electron chi connectivity index (χ1n) is 5.71. The third kappa shape index (κ3) is 9.96. The summed E-state index contributed by atoms with van der Waals surface area (Å²) in [7, 11) is 1.73. The van der Waals surface area contributed by atoms with Gasteiger partial charge in [-0.2, -0.15) is 0 Å². The molecule has 0 saturated heterocycles. The van der Waals surface area contributed by atoms with Gasteiger partial charge in [0, 0.05) is 26.7 Å². The van der Waals surface area contributed by atoms with E-state index in [2.05, 4.69) is 24.5 Å². The monoisotopic (exact) mass is 202 g/mol. The maximum Gasteiger partial charge on any atom is 0.0587 e. The summed E-state index contributed by atoms with van der Waals surface area (Å²) in [4.78, 5) is 0. The Morgan fingerprint density at radius 1 is 1.07 bits per heavy atom. The van der Waals surface area contributed by atoms with Gasteiger partial charge in [-0.1, -0.05) is 20.3 Å². The van der Waals surface area contributed by atoms with E-state index in [1.807, 2.05) is 0 Å². The van der Waals surface area contributed by atoms with Crippen molar-refractivity contribution >= 4 is 0 Å². The van der Waals surface area contributed by atoms with Crippen LogP contribution in [-0.2, 0) is 4.74 Å². The van der Waals surface area contributed by atoms with Gasteiger partial charge in [0.15, 0.2) is 0 Å². The van der Waals surface area contributed by atoms with Crippen molar-refractivity contribution in [3.05, 3.63) is 0 Å². The average molecular weight is 202 g/mol. The number of ether oxygens (including phenoxy) is 1. The highest BCUT2D eigenvalue weighted by molar-refractivity contribution is 4.55. The summed E-state index contributed by atoms with van der Waals surface area (Å²) in [5.74, 6) is 0.851. The summed E-state index contributed by atoms with van der Waals surface area (Å²) >= 11 is 0. The SMILES string of the molecule is CCC(C)CCNCCNCCOC. The standard InChI is InChI=1S/C11H26N2O/c1-4-11(2)5-6-12-7-8-13-9-10-14-3/h11-13H,4-10H2,1-3H3. The van der Waals surface area contributed by atoms with Crippen molar-refractivity contribution in [2.45, 2.75) is 26.7 Å². The lowest BCUT2D eigenvalue weighted by Crippen LogP contribution is -2.30. The lowest BCUT2D eigenvalue weighted by molar-refractivity contribution is 0.199. The lowest BCUT2D eigenvalue weighted by atomic mass is 10.1. The van der Waals surface area contributed by atoms with E-state index < -0.39 is 0 Å². The normalized spacial score (nSPS) is 13.1. The van der Waals surface area contributed by atoms with Gasteiger partial charge in [0.05, 0.1) is 6.61 Å². The molecule has 0 spiro atoms. The molecule has 0 amide bonds. The topological polar surface area (TPSA) is 33.3 Å². The van der Waals surface area contributed by atoms with E-state index in [9.17, 15) is 0 Å². The highest BCUT2D eigenvalue weighted by Crippen LogP contribution is 2.03. The summed E-state index contributed by atoms with van der Waals surface area (Å²) in [6.07, 6.45) is 2.57. The molecule has 0 aliphatic carbocycles. The van der Waals surface area contributed by atoms with Crippen molar-refractivity contribution < 1.29 is 4.74 Å². The fraction of sp³-hybridized carbons (Fsp3) is 1.00. The smallest absolute Gasteiger partial charge is 0.0587 e. The fourth-order valence-electron chi connectivity index (χ4n) is 1.15. The molecule has 3 heteroatoms. The highest BCUT2D eigenvalue weighted by atomic mass is 16.5. The third-order valence-corrected chi connectivity index (χ3v) is 2.47. The van der Waals surface area contributed by atoms with E-state index >= 15 is 0 Å². The molecule has 14 heavy (non-hydrogen) atoms. The Morgan fingerprint density at radius 2 is 1.71 bits per heavy atom. The first-order valence-corrected chi connectivity index (χ1v) is 5.71. The summed E-state index contributed by atoms with van der Waals surface area (Å²) in [5.41, 5.74) is 0. The first kappa shape index (κ1) is 13.9. The van der Waals surface area contributed by atoms with E-state index in [-0.39, 0.29) is 0 Å². The van der Waals surface area contributed by atoms with Crippen molar-refractivity contribution in [2.75, 3.05) is 39.9 Å². The van der Waals surface area contributed by atoms with Gasteiger partial charge in [-0.25, -0.2) is 0 Å². The molecule has 1 atom stereocenters. The van der Waals surface area contributed by atoms with Crippen LogP contribution in [0.3, 0.4) is 0 Å². The molecule has 0 fully saturated rings. The quantitative estimate of drug-likeness (QED) is 0.523. The van der Waals surface area contributed by atoms with Crippen LogP contribution in [0.4, 0.5) is 0 Å². The maximum absolute atomic E-state index is 4.93. The van der Waals surface area contributed by atoms with Crippen LogP contribution in [0, 0.1) is 5.92 Å². The van der Waals surface area contributed by atoms with Gasteiger partial charge in [-0.15, -0.1) is 0 Å². The Balaban J connectivity index is 2.92. The van der Waals surface area contributed by atoms with Crippen LogP contribution < -0.4 is 10.6 Å². The van der Waals surface area contributed by atoms with Gasteiger partial charge in [-0.05, 0) is 18.9 Å². The zero-order chi connectivity index (χ0) is 10.6. The maximum atomic E-state index is 4.93. The second kappa shape index (κ2) is 11.0. The molecular weight excluding hydrogens is 176 g/mol. The van der Waals surface area contributed by atoms with Crippen molar-refractivity contribution in [2.24, 2.45) is 5.92 Å². The molecule has 0 heterocycles. The fourth-order valence-corrected chi connectivity index (χ4v) is 1.15. The zero-order valence-corrected chi connectivity index (χ0v) is 9.94. The molecule has 0 bridgehead atoms. The summed E-state index contributed by atoms with van der Waals surface area (Å²) in [6.45, 7) is 9.52. The summed E-state index contributed by atoms with van der Waals surface area (Å²) in [6, 6.07) is 0. The summed E-state index contributed by atoms with van der Waals surface area (Å²) in [5, 5.41) is 6.73. The molecule has 0 aliphatic rings. The van der Waals surface area contributed by atoms with Crippen LogP contribution in [0.1, 0.15) is 26.7 Å². The van der Waals surface area contributed by atoms with Crippen LogP contribution in [-0.4, -0.2) is 39.9 Å². The second-order valence-corrected chi connectivity index (χ2v) is 3.79. The van der Waals surface area contributed by atoms with Crippen molar-refractivity contribution in [1.82, 2.24) is 10.6 Å². The number of hydrogen-bond acceptors (Lipinski definition) is 3. The third-order valence-electron chi connectivity index (χ3n) is 2.47. The molecule has 3 nitrogen and oxygen atoms in total. The summed E-state index contributed by atoms with van der Waals surface area (Å²) < 4.78 is 4.93. The zero-order valence-electron chi connectivity index (χ0n) is 9.94. The Kier molecular flexibility index (Phi) is 10.9. The molecule has 0 aliphatic heterocycles. The van der Waals surface area contributed by atoms with Crippen LogP contribution in [0.2, 0.25) is 0 Å². The minimum absolute atomic E-state index is 0.798. The Bertz CT molecular complexity index is 109. The van der Waals surface area contributed by atoms with Crippen LogP contribution in [0.15, 0.2) is 0 Å². The van der Waals surface area contributed by atoms with Gasteiger partial charge in [0.25, 0.3) is 0 Å². The van der Waals surface area contributed by atoms with E-state index in [0.29, 0.717) is 0 Å². The van der Waals surface area contributed by atoms with E-state index in [0.717, 1.165) is 38.7 Å². The molecule has 2 N–H and O–H groups in total. The molecule has 0 radical (unpaired) electrons. The van der Waals surface area contributed by atoms with Gasteiger partial charge in [0.2, 0.25) is 0 Å². The second-order valence-electron chi connectivity index (χ2n) is 3.79. The van der Waals surface area contributed by atoms with Crippen LogP contribution in [0.5, 0.6) is 0 Å². The predicted octanol–water partition coefficient (Wildman–Crippen LogP) is 1.25. The van der Waals surface area contributed by atoms with Crippen LogP contribution in [0.25, 0.3) is 0 Å². The van der Waals surface area contributed by atoms with Gasteiger partial charge >= 0.3 is 0 Å². The minimum Gasteiger partial charge on any atom is -0.383 e. The largest absolute Gasteiger partial charge is 0.383 e. The van der Waals surface area contributed by atoms with E-state index in [1.165, 1.54) is 12.8 Å². The van der Waals surface area contributed by atoms with Gasteiger partial charge in [-0.3, -0.25) is 0 Å². The first-order chi connectivity index (χ1) is 6.81. The molecule has 1 unspecified atom stereocenters. The average Bonchev–Trinajstić information content (AvgIpc) is 2.21. The molecule has 86 valence electrons. The van der Waals surface area contributed by atoms with Crippen molar-refractivity contribution in [3.63, 3.8) is 0 Å². The highest BCUT2D eigenvalue weighted by Gasteiger charge is 1.96. The molecule has 0 aromatic carbocycles. The molecule has 0 aromatic heterocycles. The predicted molar refractivity (Wildman–Crippen MR) is 61.7 cm³/mol. The number of hydrogen-bond donors (Lipinski definition) is 2. The minimum atomic E-state index is 0.798. The van der Waals surface area contributed by atoms with Gasteiger partial charge < -0.3 is 15.4 Å². The number of nitrogens with one attached hydrogen (secondary N) is 2. The van der Waals surface area contributed by atoms with Crippen molar-refractivity contribution in [3.8, 4) is 0 Å². The number of methoxy groups -OCH3 is 1.